The fourth-order valence-electron chi connectivity index (χ4n) is 0.0412. The van der Waals surface area contributed by atoms with Crippen LogP contribution in [0.3, 0.4) is 0 Å². The summed E-state index contributed by atoms with van der Waals surface area (Å²) in [5.74, 6) is -0.398. The summed E-state index contributed by atoms with van der Waals surface area (Å²) in [6.45, 7) is 0.438. The normalized spacial score (nSPS) is 10.0. The smallest absolute Gasteiger partial charge is 0.0944 e. The minimum absolute atomic E-state index is 0.398. The SMILES string of the molecule is CC(CF)CF. The first kappa shape index (κ1) is 5.86. The number of alkyl halides is 2. The molecular formula is C4H8F2. The predicted octanol–water partition coefficient (Wildman–Crippen LogP) is 1.56. The van der Waals surface area contributed by atoms with E-state index in [1.165, 1.54) is 6.92 Å². The van der Waals surface area contributed by atoms with E-state index in [4.69, 9.17) is 0 Å². The van der Waals surface area contributed by atoms with Crippen LogP contribution in [0.15, 0.2) is 0 Å². The molecule has 38 valence electrons. The lowest BCUT2D eigenvalue weighted by Gasteiger charge is -1.93. The van der Waals surface area contributed by atoms with Crippen LogP contribution in [0, 0.1) is 5.92 Å². The number of hydrogen-bond acceptors (Lipinski definition) is 0. The Morgan fingerprint density at radius 2 is 1.67 bits per heavy atom. The molecule has 0 saturated carbocycles. The van der Waals surface area contributed by atoms with Gasteiger partial charge in [0.25, 0.3) is 0 Å². The molecule has 0 fully saturated rings. The molecule has 0 aromatic rings. The summed E-state index contributed by atoms with van der Waals surface area (Å²) in [6, 6.07) is 0. The average molecular weight is 94.1 g/mol. The van der Waals surface area contributed by atoms with Gasteiger partial charge in [-0.15, -0.1) is 0 Å². The second-order valence-electron chi connectivity index (χ2n) is 1.41. The van der Waals surface area contributed by atoms with Crippen molar-refractivity contribution in [1.29, 1.82) is 0 Å². The lowest BCUT2D eigenvalue weighted by atomic mass is 10.2. The van der Waals surface area contributed by atoms with Crippen molar-refractivity contribution in [3.8, 4) is 0 Å². The quantitative estimate of drug-likeness (QED) is 0.487. The molecule has 0 nitrogen and oxygen atoms in total. The minimum Gasteiger partial charge on any atom is -0.251 e. The van der Waals surface area contributed by atoms with Crippen LogP contribution in [-0.2, 0) is 0 Å². The Balaban J connectivity index is 2.75. The Hall–Kier alpha value is -0.140. The number of halogens is 2. The summed E-state index contributed by atoms with van der Waals surface area (Å²) in [4.78, 5) is 0. The van der Waals surface area contributed by atoms with Gasteiger partial charge in [-0.2, -0.15) is 0 Å². The first-order valence-electron chi connectivity index (χ1n) is 1.93. The van der Waals surface area contributed by atoms with E-state index in [1.54, 1.807) is 0 Å². The molecule has 0 saturated heterocycles. The monoisotopic (exact) mass is 94.1 g/mol. The van der Waals surface area contributed by atoms with Crippen LogP contribution in [0.4, 0.5) is 8.78 Å². The first-order valence-corrected chi connectivity index (χ1v) is 1.93. The largest absolute Gasteiger partial charge is 0.251 e. The third-order valence-corrected chi connectivity index (χ3v) is 0.527. The zero-order valence-electron chi connectivity index (χ0n) is 3.75. The maximum atomic E-state index is 11.1. The van der Waals surface area contributed by atoms with E-state index in [0.717, 1.165) is 0 Å². The molecule has 0 aromatic carbocycles. The zero-order chi connectivity index (χ0) is 4.99. The van der Waals surface area contributed by atoms with E-state index in [2.05, 4.69) is 0 Å². The molecule has 0 N–H and O–H groups in total. The number of rotatable bonds is 2. The molecule has 0 radical (unpaired) electrons. The van der Waals surface area contributed by atoms with Crippen molar-refractivity contribution < 1.29 is 8.78 Å². The van der Waals surface area contributed by atoms with Crippen molar-refractivity contribution in [1.82, 2.24) is 0 Å². The van der Waals surface area contributed by atoms with E-state index in [1.807, 2.05) is 0 Å². The highest BCUT2D eigenvalue weighted by molar-refractivity contribution is 4.42. The summed E-state index contributed by atoms with van der Waals surface area (Å²) in [5.41, 5.74) is 0. The first-order chi connectivity index (χ1) is 2.81. The van der Waals surface area contributed by atoms with E-state index in [0.29, 0.717) is 0 Å². The third kappa shape index (κ3) is 2.12. The van der Waals surface area contributed by atoms with Gasteiger partial charge in [-0.25, -0.2) is 0 Å². The molecule has 0 bridgehead atoms. The van der Waals surface area contributed by atoms with Crippen molar-refractivity contribution in [2.24, 2.45) is 5.92 Å². The van der Waals surface area contributed by atoms with Gasteiger partial charge >= 0.3 is 0 Å². The predicted molar refractivity (Wildman–Crippen MR) is 21.1 cm³/mol. The van der Waals surface area contributed by atoms with Crippen LogP contribution >= 0.6 is 0 Å². The van der Waals surface area contributed by atoms with E-state index < -0.39 is 19.3 Å². The van der Waals surface area contributed by atoms with Gasteiger partial charge in [-0.1, -0.05) is 6.92 Å². The summed E-state index contributed by atoms with van der Waals surface area (Å²) < 4.78 is 22.3. The maximum absolute atomic E-state index is 11.1. The van der Waals surface area contributed by atoms with Gasteiger partial charge in [-0.3, -0.25) is 8.78 Å². The minimum atomic E-state index is -0.545. The lowest BCUT2D eigenvalue weighted by Crippen LogP contribution is -1.96. The Kier molecular flexibility index (Phi) is 2.99. The molecule has 0 aliphatic heterocycles. The molecule has 0 aliphatic rings. The van der Waals surface area contributed by atoms with Gasteiger partial charge in [0.2, 0.25) is 0 Å². The highest BCUT2D eigenvalue weighted by Gasteiger charge is 1.95. The van der Waals surface area contributed by atoms with Crippen molar-refractivity contribution in [3.63, 3.8) is 0 Å². The summed E-state index contributed by atoms with van der Waals surface area (Å²) in [6.07, 6.45) is 0. The van der Waals surface area contributed by atoms with Crippen LogP contribution in [0.25, 0.3) is 0 Å². The van der Waals surface area contributed by atoms with Gasteiger partial charge in [0, 0.05) is 5.92 Å². The molecule has 0 heterocycles. The molecule has 2 heteroatoms. The second-order valence-corrected chi connectivity index (χ2v) is 1.41. The van der Waals surface area contributed by atoms with Crippen molar-refractivity contribution in [3.05, 3.63) is 0 Å². The molecule has 0 rings (SSSR count). The van der Waals surface area contributed by atoms with Crippen molar-refractivity contribution in [2.45, 2.75) is 6.92 Å². The van der Waals surface area contributed by atoms with E-state index >= 15 is 0 Å². The lowest BCUT2D eigenvalue weighted by molar-refractivity contribution is 0.308. The van der Waals surface area contributed by atoms with Gasteiger partial charge < -0.3 is 0 Å². The third-order valence-electron chi connectivity index (χ3n) is 0.527. The Bertz CT molecular complexity index is 24.7. The van der Waals surface area contributed by atoms with Crippen LogP contribution in [0.5, 0.6) is 0 Å². The highest BCUT2D eigenvalue weighted by atomic mass is 19.1. The summed E-state index contributed by atoms with van der Waals surface area (Å²) in [5, 5.41) is 0. The average Bonchev–Trinajstić information content (AvgIpc) is 1.65. The molecule has 0 aromatic heterocycles. The van der Waals surface area contributed by atoms with Gasteiger partial charge in [0.15, 0.2) is 0 Å². The standard InChI is InChI=1S/C4H8F2/c1-4(2-5)3-6/h4H,2-3H2,1H3. The molecule has 0 atom stereocenters. The molecule has 6 heavy (non-hydrogen) atoms. The highest BCUT2D eigenvalue weighted by Crippen LogP contribution is 1.93. The zero-order valence-corrected chi connectivity index (χ0v) is 3.75. The van der Waals surface area contributed by atoms with Crippen LogP contribution < -0.4 is 0 Å². The van der Waals surface area contributed by atoms with Gasteiger partial charge in [0.05, 0.1) is 13.3 Å². The van der Waals surface area contributed by atoms with Crippen LogP contribution in [0.2, 0.25) is 0 Å². The van der Waals surface area contributed by atoms with Crippen molar-refractivity contribution in [2.75, 3.05) is 13.3 Å². The molecule has 0 amide bonds. The Labute approximate surface area is 36.2 Å². The van der Waals surface area contributed by atoms with Crippen molar-refractivity contribution >= 4 is 0 Å². The molecule has 0 spiro atoms. The topological polar surface area (TPSA) is 0 Å². The van der Waals surface area contributed by atoms with E-state index in [-0.39, 0.29) is 0 Å². The maximum Gasteiger partial charge on any atom is 0.0944 e. The molecule has 0 aliphatic carbocycles. The Morgan fingerprint density at radius 3 is 1.67 bits per heavy atom. The molecule has 0 unspecified atom stereocenters. The van der Waals surface area contributed by atoms with E-state index in [9.17, 15) is 8.78 Å². The Morgan fingerprint density at radius 1 is 1.33 bits per heavy atom. The van der Waals surface area contributed by atoms with Gasteiger partial charge in [0.1, 0.15) is 0 Å². The van der Waals surface area contributed by atoms with Crippen LogP contribution in [0.1, 0.15) is 6.92 Å². The fraction of sp³-hybridized carbons (Fsp3) is 1.00. The molecular weight excluding hydrogens is 86.0 g/mol. The second kappa shape index (κ2) is 3.07. The summed E-state index contributed by atoms with van der Waals surface area (Å²) in [7, 11) is 0. The van der Waals surface area contributed by atoms with Gasteiger partial charge in [-0.05, 0) is 0 Å². The fourth-order valence-corrected chi connectivity index (χ4v) is 0.0412. The number of hydrogen-bond donors (Lipinski definition) is 0. The summed E-state index contributed by atoms with van der Waals surface area (Å²) >= 11 is 0. The van der Waals surface area contributed by atoms with Crippen LogP contribution in [-0.4, -0.2) is 13.3 Å².